The first-order chi connectivity index (χ1) is 14.1. The van der Waals surface area contributed by atoms with Crippen LogP contribution >= 0.6 is 15.9 Å². The molecule has 0 aliphatic carbocycles. The largest absolute Gasteiger partial charge is 0.497 e. The van der Waals surface area contributed by atoms with Crippen molar-refractivity contribution in [3.63, 3.8) is 0 Å². The highest BCUT2D eigenvalue weighted by Crippen LogP contribution is 2.22. The van der Waals surface area contributed by atoms with E-state index in [1.54, 1.807) is 32.4 Å². The minimum absolute atomic E-state index is 0.0723. The van der Waals surface area contributed by atoms with Crippen LogP contribution in [0.15, 0.2) is 51.9 Å². The Kier molecular flexibility index (Phi) is 7.48. The molecule has 1 aliphatic heterocycles. The van der Waals surface area contributed by atoms with Crippen molar-refractivity contribution in [2.45, 2.75) is 18.9 Å². The Morgan fingerprint density at radius 1 is 1.21 bits per heavy atom. The summed E-state index contributed by atoms with van der Waals surface area (Å²) in [6.07, 6.45) is 2.07. The van der Waals surface area contributed by atoms with Crippen molar-refractivity contribution < 1.29 is 19.0 Å². The van der Waals surface area contributed by atoms with E-state index in [4.69, 9.17) is 14.2 Å². The number of aliphatic imine (C=N–C) groups is 1. The summed E-state index contributed by atoms with van der Waals surface area (Å²) >= 11 is 3.45. The number of benzene rings is 2. The van der Waals surface area contributed by atoms with E-state index in [2.05, 4.69) is 31.6 Å². The summed E-state index contributed by atoms with van der Waals surface area (Å²) in [5, 5.41) is 6.02. The summed E-state index contributed by atoms with van der Waals surface area (Å²) in [6, 6.07) is 12.6. The molecule has 1 amide bonds. The van der Waals surface area contributed by atoms with E-state index in [1.165, 1.54) is 0 Å². The Morgan fingerprint density at radius 2 is 1.97 bits per heavy atom. The van der Waals surface area contributed by atoms with Gasteiger partial charge in [0, 0.05) is 28.4 Å². The molecule has 0 aromatic heterocycles. The van der Waals surface area contributed by atoms with Crippen LogP contribution in [0.25, 0.3) is 0 Å². The molecule has 2 N–H and O–H groups in total. The summed E-state index contributed by atoms with van der Waals surface area (Å²) in [7, 11) is 3.08. The molecule has 154 valence electrons. The molecule has 7 nitrogen and oxygen atoms in total. The molecule has 1 fully saturated rings. The lowest BCUT2D eigenvalue weighted by atomic mass is 10.2. The zero-order valence-electron chi connectivity index (χ0n) is 16.4. The first-order valence-corrected chi connectivity index (χ1v) is 10.1. The Balaban J connectivity index is 1.79. The highest BCUT2D eigenvalue weighted by Gasteiger charge is 2.17. The van der Waals surface area contributed by atoms with Gasteiger partial charge in [0.1, 0.15) is 11.5 Å². The van der Waals surface area contributed by atoms with Crippen LogP contribution in [0.4, 0.5) is 5.69 Å². The second kappa shape index (κ2) is 10.3. The molecule has 1 aliphatic rings. The topological polar surface area (TPSA) is 81.2 Å². The predicted octanol–water partition coefficient (Wildman–Crippen LogP) is 3.84. The average Bonchev–Trinajstić information content (AvgIpc) is 3.25. The van der Waals surface area contributed by atoms with Gasteiger partial charge in [-0.1, -0.05) is 22.0 Å². The normalized spacial score (nSPS) is 16.4. The number of hydrogen-bond acceptors (Lipinski definition) is 5. The van der Waals surface area contributed by atoms with Crippen LogP contribution in [0.2, 0.25) is 0 Å². The van der Waals surface area contributed by atoms with Crippen LogP contribution in [0.5, 0.6) is 11.5 Å². The van der Waals surface area contributed by atoms with Gasteiger partial charge in [0.05, 0.1) is 26.9 Å². The van der Waals surface area contributed by atoms with Crippen molar-refractivity contribution in [1.82, 2.24) is 5.32 Å². The summed E-state index contributed by atoms with van der Waals surface area (Å²) in [6.45, 7) is 1.22. The lowest BCUT2D eigenvalue weighted by molar-refractivity contribution is 0.0975. The summed E-state index contributed by atoms with van der Waals surface area (Å²) in [4.78, 5) is 17.4. The van der Waals surface area contributed by atoms with Gasteiger partial charge in [0.2, 0.25) is 5.96 Å². The lowest BCUT2D eigenvalue weighted by Crippen LogP contribution is -2.36. The van der Waals surface area contributed by atoms with Gasteiger partial charge in [-0.2, -0.15) is 0 Å². The molecule has 1 saturated heterocycles. The number of anilines is 1. The number of carbonyl (C=O) groups excluding carboxylic acids is 1. The van der Waals surface area contributed by atoms with Crippen LogP contribution in [-0.2, 0) is 4.74 Å². The third kappa shape index (κ3) is 6.20. The lowest BCUT2D eigenvalue weighted by Gasteiger charge is -2.14. The number of rotatable bonds is 6. The van der Waals surface area contributed by atoms with Gasteiger partial charge in [-0.15, -0.1) is 0 Å². The standard InChI is InChI=1S/C21H24BrN3O4/c1-27-18-9-14(10-19(12-18)28-2)20(26)25-21(23-13-17-7-4-8-29-17)24-16-6-3-5-15(22)11-16/h3,5-6,9-12,17H,4,7-8,13H2,1-2H3,(H2,23,24,25,26). The van der Waals surface area contributed by atoms with Crippen LogP contribution < -0.4 is 20.1 Å². The Morgan fingerprint density at radius 3 is 2.59 bits per heavy atom. The average molecular weight is 462 g/mol. The fourth-order valence-corrected chi connectivity index (χ4v) is 3.31. The van der Waals surface area contributed by atoms with Gasteiger partial charge in [-0.3, -0.25) is 10.1 Å². The molecule has 1 unspecified atom stereocenters. The van der Waals surface area contributed by atoms with E-state index in [-0.39, 0.29) is 12.0 Å². The minimum atomic E-state index is -0.323. The predicted molar refractivity (Wildman–Crippen MR) is 116 cm³/mol. The summed E-state index contributed by atoms with van der Waals surface area (Å²) in [5.74, 6) is 1.10. The third-order valence-corrected chi connectivity index (χ3v) is 4.90. The molecule has 0 radical (unpaired) electrons. The number of guanidine groups is 1. The van der Waals surface area contributed by atoms with Gasteiger partial charge < -0.3 is 19.5 Å². The number of amides is 1. The third-order valence-electron chi connectivity index (χ3n) is 4.41. The van der Waals surface area contributed by atoms with Gasteiger partial charge in [-0.25, -0.2) is 4.99 Å². The van der Waals surface area contributed by atoms with E-state index < -0.39 is 0 Å². The van der Waals surface area contributed by atoms with Gasteiger partial charge in [0.15, 0.2) is 0 Å². The first kappa shape index (κ1) is 21.1. The molecule has 2 aromatic carbocycles. The van der Waals surface area contributed by atoms with Crippen molar-refractivity contribution in [3.05, 3.63) is 52.5 Å². The Bertz CT molecular complexity index is 860. The molecule has 1 atom stereocenters. The van der Waals surface area contributed by atoms with E-state index in [9.17, 15) is 4.79 Å². The van der Waals surface area contributed by atoms with E-state index in [1.807, 2.05) is 24.3 Å². The fraction of sp³-hybridized carbons (Fsp3) is 0.333. The number of methoxy groups -OCH3 is 2. The molecule has 29 heavy (non-hydrogen) atoms. The fourth-order valence-electron chi connectivity index (χ4n) is 2.91. The molecule has 0 saturated carbocycles. The summed E-state index contributed by atoms with van der Waals surface area (Å²) < 4.78 is 17.1. The Hall–Kier alpha value is -2.58. The highest BCUT2D eigenvalue weighted by atomic mass is 79.9. The van der Waals surface area contributed by atoms with Crippen molar-refractivity contribution in [3.8, 4) is 11.5 Å². The number of nitrogens with one attached hydrogen (secondary N) is 2. The molecule has 1 heterocycles. The highest BCUT2D eigenvalue weighted by molar-refractivity contribution is 9.10. The minimum Gasteiger partial charge on any atom is -0.497 e. The number of carbonyl (C=O) groups is 1. The zero-order valence-corrected chi connectivity index (χ0v) is 18.0. The number of halogens is 1. The first-order valence-electron chi connectivity index (χ1n) is 9.30. The second-order valence-electron chi connectivity index (χ2n) is 6.52. The molecular formula is C21H24BrN3O4. The number of nitrogens with zero attached hydrogens (tertiary/aromatic N) is 1. The quantitative estimate of drug-likeness (QED) is 0.504. The molecule has 2 aromatic rings. The van der Waals surface area contributed by atoms with E-state index in [0.717, 1.165) is 29.6 Å². The van der Waals surface area contributed by atoms with Crippen LogP contribution in [-0.4, -0.2) is 45.3 Å². The maximum Gasteiger partial charge on any atom is 0.258 e. The van der Waals surface area contributed by atoms with Gasteiger partial charge in [0.25, 0.3) is 5.91 Å². The second-order valence-corrected chi connectivity index (χ2v) is 7.43. The monoisotopic (exact) mass is 461 g/mol. The van der Waals surface area contributed by atoms with Crippen LogP contribution in [0.3, 0.4) is 0 Å². The molecule has 0 spiro atoms. The molecular weight excluding hydrogens is 438 g/mol. The molecule has 3 rings (SSSR count). The van der Waals surface area contributed by atoms with Crippen molar-refractivity contribution in [2.24, 2.45) is 4.99 Å². The smallest absolute Gasteiger partial charge is 0.258 e. The SMILES string of the molecule is COc1cc(OC)cc(C(=O)NC(=NCC2CCCO2)Nc2cccc(Br)c2)c1. The zero-order chi connectivity index (χ0) is 20.6. The van der Waals surface area contributed by atoms with Crippen LogP contribution in [0, 0.1) is 0 Å². The van der Waals surface area contributed by atoms with Crippen molar-refractivity contribution in [1.29, 1.82) is 0 Å². The molecule has 0 bridgehead atoms. The number of ether oxygens (including phenoxy) is 3. The van der Waals surface area contributed by atoms with Crippen molar-refractivity contribution in [2.75, 3.05) is 32.7 Å². The van der Waals surface area contributed by atoms with Crippen LogP contribution in [0.1, 0.15) is 23.2 Å². The van der Waals surface area contributed by atoms with E-state index in [0.29, 0.717) is 29.6 Å². The van der Waals surface area contributed by atoms with Crippen molar-refractivity contribution >= 4 is 33.5 Å². The maximum absolute atomic E-state index is 12.9. The maximum atomic E-state index is 12.9. The molecule has 8 heteroatoms. The number of hydrogen-bond donors (Lipinski definition) is 2. The summed E-state index contributed by atoms with van der Waals surface area (Å²) in [5.41, 5.74) is 1.20. The van der Waals surface area contributed by atoms with Gasteiger partial charge >= 0.3 is 0 Å². The van der Waals surface area contributed by atoms with E-state index >= 15 is 0 Å². The van der Waals surface area contributed by atoms with Gasteiger partial charge in [-0.05, 0) is 43.2 Å². The Labute approximate surface area is 178 Å².